The second-order valence-electron chi connectivity index (χ2n) is 4.96. The molecule has 0 spiro atoms. The van der Waals surface area contributed by atoms with Gasteiger partial charge in [0.15, 0.2) is 0 Å². The molecule has 3 rings (SSSR count). The lowest BCUT2D eigenvalue weighted by atomic mass is 10.4. The summed E-state index contributed by atoms with van der Waals surface area (Å²) in [6, 6.07) is 2.47. The van der Waals surface area contributed by atoms with Gasteiger partial charge < -0.3 is 10.6 Å². The molecular formula is C13H14Br2N4OS. The number of hydrogen-bond donors (Lipinski definition) is 2. The SMILES string of the molecule is O=C(Cn1cc(NCc2cc(Br)c(Br)s2)cn1)NC1CC1. The second kappa shape index (κ2) is 6.50. The van der Waals surface area contributed by atoms with Crippen molar-refractivity contribution >= 4 is 54.8 Å². The van der Waals surface area contributed by atoms with E-state index >= 15 is 0 Å². The molecule has 1 saturated carbocycles. The molecule has 1 amide bonds. The number of amides is 1. The standard InChI is InChI=1S/C13H14Br2N4OS/c14-11-3-10(21-13(11)15)5-16-9-4-17-19(6-9)7-12(20)18-8-1-2-8/h3-4,6,8,16H,1-2,5,7H2,(H,18,20). The van der Waals surface area contributed by atoms with Gasteiger partial charge in [-0.05, 0) is 50.8 Å². The number of carbonyl (C=O) groups excluding carboxylic acids is 1. The van der Waals surface area contributed by atoms with Crippen LogP contribution in [0.2, 0.25) is 0 Å². The van der Waals surface area contributed by atoms with E-state index in [-0.39, 0.29) is 12.5 Å². The number of nitrogens with zero attached hydrogens (tertiary/aromatic N) is 2. The van der Waals surface area contributed by atoms with Crippen LogP contribution in [0.1, 0.15) is 17.7 Å². The molecule has 2 heterocycles. The van der Waals surface area contributed by atoms with Crippen LogP contribution in [-0.4, -0.2) is 21.7 Å². The Morgan fingerprint density at radius 2 is 2.29 bits per heavy atom. The Morgan fingerprint density at radius 3 is 2.95 bits per heavy atom. The fourth-order valence-corrected chi connectivity index (χ4v) is 3.97. The summed E-state index contributed by atoms with van der Waals surface area (Å²) in [6.45, 7) is 1.00. The molecular weight excluding hydrogens is 420 g/mol. The number of aromatic nitrogens is 2. The van der Waals surface area contributed by atoms with Crippen LogP contribution in [0.3, 0.4) is 0 Å². The molecule has 1 fully saturated rings. The smallest absolute Gasteiger partial charge is 0.241 e. The van der Waals surface area contributed by atoms with Gasteiger partial charge in [-0.1, -0.05) is 0 Å². The van der Waals surface area contributed by atoms with Crippen molar-refractivity contribution in [2.75, 3.05) is 5.32 Å². The van der Waals surface area contributed by atoms with Crippen LogP contribution in [0.4, 0.5) is 5.69 Å². The molecule has 2 aromatic rings. The van der Waals surface area contributed by atoms with Gasteiger partial charge in [0.05, 0.1) is 15.7 Å². The number of thiophene rings is 1. The molecule has 112 valence electrons. The van der Waals surface area contributed by atoms with Crippen molar-refractivity contribution in [3.63, 3.8) is 0 Å². The van der Waals surface area contributed by atoms with Crippen molar-refractivity contribution in [2.45, 2.75) is 32.0 Å². The van der Waals surface area contributed by atoms with Gasteiger partial charge in [-0.15, -0.1) is 11.3 Å². The summed E-state index contributed by atoms with van der Waals surface area (Å²) in [4.78, 5) is 12.9. The fourth-order valence-electron chi connectivity index (χ4n) is 1.86. The normalized spacial score (nSPS) is 14.2. The lowest BCUT2D eigenvalue weighted by Crippen LogP contribution is -2.29. The zero-order chi connectivity index (χ0) is 14.8. The van der Waals surface area contributed by atoms with Gasteiger partial charge in [-0.2, -0.15) is 5.10 Å². The first-order valence-electron chi connectivity index (χ1n) is 6.59. The molecule has 0 aliphatic heterocycles. The van der Waals surface area contributed by atoms with Crippen molar-refractivity contribution in [1.82, 2.24) is 15.1 Å². The van der Waals surface area contributed by atoms with Crippen LogP contribution in [-0.2, 0) is 17.9 Å². The van der Waals surface area contributed by atoms with E-state index in [9.17, 15) is 4.79 Å². The van der Waals surface area contributed by atoms with E-state index in [1.165, 1.54) is 4.88 Å². The van der Waals surface area contributed by atoms with Crippen molar-refractivity contribution in [2.24, 2.45) is 0 Å². The highest BCUT2D eigenvalue weighted by Gasteiger charge is 2.23. The Hall–Kier alpha value is -0.860. The monoisotopic (exact) mass is 432 g/mol. The molecule has 0 atom stereocenters. The van der Waals surface area contributed by atoms with E-state index in [0.29, 0.717) is 6.04 Å². The van der Waals surface area contributed by atoms with Crippen molar-refractivity contribution < 1.29 is 4.79 Å². The Labute approximate surface area is 143 Å². The number of anilines is 1. The Morgan fingerprint density at radius 1 is 1.48 bits per heavy atom. The summed E-state index contributed by atoms with van der Waals surface area (Å²) in [5, 5.41) is 10.4. The molecule has 1 aliphatic carbocycles. The summed E-state index contributed by atoms with van der Waals surface area (Å²) in [5.41, 5.74) is 0.912. The third-order valence-electron chi connectivity index (χ3n) is 3.04. The third-order valence-corrected chi connectivity index (χ3v) is 6.30. The van der Waals surface area contributed by atoms with E-state index in [2.05, 4.69) is 53.7 Å². The average molecular weight is 434 g/mol. The molecule has 2 N–H and O–H groups in total. The molecule has 0 bridgehead atoms. The van der Waals surface area contributed by atoms with Crippen LogP contribution in [0.25, 0.3) is 0 Å². The minimum Gasteiger partial charge on any atom is -0.378 e. The summed E-state index contributed by atoms with van der Waals surface area (Å²) in [6.07, 6.45) is 5.79. The maximum atomic E-state index is 11.7. The predicted molar refractivity (Wildman–Crippen MR) is 90.4 cm³/mol. The Bertz CT molecular complexity index is 631. The minimum absolute atomic E-state index is 0.0262. The Kier molecular flexibility index (Phi) is 4.66. The third kappa shape index (κ3) is 4.31. The van der Waals surface area contributed by atoms with E-state index in [0.717, 1.165) is 33.3 Å². The first kappa shape index (κ1) is 15.1. The van der Waals surface area contributed by atoms with Crippen LogP contribution >= 0.6 is 43.2 Å². The highest BCUT2D eigenvalue weighted by atomic mass is 79.9. The predicted octanol–water partition coefficient (Wildman–Crippen LogP) is 3.36. The van der Waals surface area contributed by atoms with E-state index in [4.69, 9.17) is 0 Å². The largest absolute Gasteiger partial charge is 0.378 e. The molecule has 0 unspecified atom stereocenters. The molecule has 0 saturated heterocycles. The molecule has 5 nitrogen and oxygen atoms in total. The van der Waals surface area contributed by atoms with Crippen LogP contribution in [0.5, 0.6) is 0 Å². The van der Waals surface area contributed by atoms with E-state index in [1.54, 1.807) is 22.2 Å². The van der Waals surface area contributed by atoms with Gasteiger partial charge in [0.1, 0.15) is 6.54 Å². The highest BCUT2D eigenvalue weighted by molar-refractivity contribution is 9.13. The van der Waals surface area contributed by atoms with Gasteiger partial charge in [0.25, 0.3) is 0 Å². The summed E-state index contributed by atoms with van der Waals surface area (Å²) >= 11 is 8.63. The molecule has 21 heavy (non-hydrogen) atoms. The molecule has 0 aromatic carbocycles. The molecule has 2 aromatic heterocycles. The topological polar surface area (TPSA) is 59.0 Å². The first-order chi connectivity index (χ1) is 10.1. The maximum absolute atomic E-state index is 11.7. The molecule has 0 radical (unpaired) electrons. The first-order valence-corrected chi connectivity index (χ1v) is 9.00. The van der Waals surface area contributed by atoms with Gasteiger partial charge in [0, 0.05) is 28.1 Å². The Balaban J connectivity index is 1.51. The number of carbonyl (C=O) groups is 1. The zero-order valence-electron chi connectivity index (χ0n) is 11.1. The van der Waals surface area contributed by atoms with Gasteiger partial charge in [-0.3, -0.25) is 9.48 Å². The molecule has 1 aliphatic rings. The lowest BCUT2D eigenvalue weighted by molar-refractivity contribution is -0.122. The quantitative estimate of drug-likeness (QED) is 0.734. The van der Waals surface area contributed by atoms with Gasteiger partial charge in [-0.25, -0.2) is 0 Å². The van der Waals surface area contributed by atoms with Gasteiger partial charge in [0.2, 0.25) is 5.91 Å². The summed E-state index contributed by atoms with van der Waals surface area (Å²) in [7, 11) is 0. The summed E-state index contributed by atoms with van der Waals surface area (Å²) < 4.78 is 3.81. The minimum atomic E-state index is 0.0262. The van der Waals surface area contributed by atoms with E-state index < -0.39 is 0 Å². The number of halogens is 2. The average Bonchev–Trinajstić information content (AvgIpc) is 3.03. The van der Waals surface area contributed by atoms with Crippen LogP contribution < -0.4 is 10.6 Å². The van der Waals surface area contributed by atoms with Gasteiger partial charge >= 0.3 is 0 Å². The second-order valence-corrected chi connectivity index (χ2v) is 8.27. The highest BCUT2D eigenvalue weighted by Crippen LogP contribution is 2.32. The lowest BCUT2D eigenvalue weighted by Gasteiger charge is -2.03. The van der Waals surface area contributed by atoms with Crippen molar-refractivity contribution in [3.8, 4) is 0 Å². The number of hydrogen-bond acceptors (Lipinski definition) is 4. The molecule has 8 heteroatoms. The van der Waals surface area contributed by atoms with Crippen molar-refractivity contribution in [3.05, 3.63) is 31.6 Å². The van der Waals surface area contributed by atoms with Crippen LogP contribution in [0, 0.1) is 0 Å². The van der Waals surface area contributed by atoms with Crippen molar-refractivity contribution in [1.29, 1.82) is 0 Å². The maximum Gasteiger partial charge on any atom is 0.241 e. The van der Waals surface area contributed by atoms with Crippen LogP contribution in [0.15, 0.2) is 26.7 Å². The number of rotatable bonds is 6. The summed E-state index contributed by atoms with van der Waals surface area (Å²) in [5.74, 6) is 0.0262. The number of nitrogens with one attached hydrogen (secondary N) is 2. The zero-order valence-corrected chi connectivity index (χ0v) is 15.1. The fraction of sp³-hybridized carbons (Fsp3) is 0.385. The van der Waals surface area contributed by atoms with E-state index in [1.807, 2.05) is 6.20 Å².